The van der Waals surface area contributed by atoms with Gasteiger partial charge in [0.05, 0.1) is 6.33 Å². The van der Waals surface area contributed by atoms with Crippen LogP contribution < -0.4 is 5.32 Å². The van der Waals surface area contributed by atoms with Crippen LogP contribution >= 0.6 is 0 Å². The first-order valence-corrected chi connectivity index (χ1v) is 7.05. The Balaban J connectivity index is 1.98. The van der Waals surface area contributed by atoms with Crippen LogP contribution in [0.25, 0.3) is 5.69 Å². The van der Waals surface area contributed by atoms with Crippen LogP contribution in [0.2, 0.25) is 0 Å². The van der Waals surface area contributed by atoms with Gasteiger partial charge in [0.25, 0.3) is 0 Å². The van der Waals surface area contributed by atoms with Crippen LogP contribution in [0.3, 0.4) is 0 Å². The molecule has 1 saturated heterocycles. The summed E-state index contributed by atoms with van der Waals surface area (Å²) in [6.45, 7) is 6.51. The maximum atomic E-state index is 4.37. The van der Waals surface area contributed by atoms with Gasteiger partial charge in [-0.05, 0) is 56.5 Å². The highest BCUT2D eigenvalue weighted by Crippen LogP contribution is 2.26. The molecule has 0 saturated carbocycles. The third-order valence-electron chi connectivity index (χ3n) is 3.87. The van der Waals surface area contributed by atoms with Crippen LogP contribution in [-0.4, -0.2) is 22.6 Å². The van der Waals surface area contributed by atoms with Gasteiger partial charge >= 0.3 is 0 Å². The number of hydrogen-bond acceptors (Lipinski definition) is 2. The SMILES string of the molecule is Cc1cc(C)cc(-n2cncc2C2CCCNC2)c1. The fourth-order valence-corrected chi connectivity index (χ4v) is 3.02. The number of nitrogens with zero attached hydrogens (tertiary/aromatic N) is 2. The number of benzene rings is 1. The molecule has 0 aliphatic carbocycles. The van der Waals surface area contributed by atoms with E-state index in [4.69, 9.17) is 0 Å². The molecular formula is C16H21N3. The normalized spacial score (nSPS) is 19.6. The standard InChI is InChI=1S/C16H21N3/c1-12-6-13(2)8-15(7-12)19-11-18-10-16(19)14-4-3-5-17-9-14/h6-8,10-11,14,17H,3-5,9H2,1-2H3. The van der Waals surface area contributed by atoms with E-state index in [2.05, 4.69) is 46.9 Å². The quantitative estimate of drug-likeness (QED) is 0.894. The number of aryl methyl sites for hydroxylation is 2. The third-order valence-corrected chi connectivity index (χ3v) is 3.87. The number of piperidine rings is 1. The highest BCUT2D eigenvalue weighted by Gasteiger charge is 2.19. The first-order valence-electron chi connectivity index (χ1n) is 7.05. The van der Waals surface area contributed by atoms with Gasteiger partial charge in [0, 0.05) is 30.0 Å². The van der Waals surface area contributed by atoms with Gasteiger partial charge < -0.3 is 9.88 Å². The molecule has 0 bridgehead atoms. The molecule has 1 aromatic carbocycles. The van der Waals surface area contributed by atoms with Gasteiger partial charge in [-0.2, -0.15) is 0 Å². The lowest BCUT2D eigenvalue weighted by atomic mass is 9.96. The van der Waals surface area contributed by atoms with E-state index in [9.17, 15) is 0 Å². The highest BCUT2D eigenvalue weighted by molar-refractivity contribution is 5.41. The molecule has 3 nitrogen and oxygen atoms in total. The molecule has 0 radical (unpaired) electrons. The van der Waals surface area contributed by atoms with E-state index in [1.54, 1.807) is 0 Å². The Kier molecular flexibility index (Phi) is 3.38. The van der Waals surface area contributed by atoms with Crippen LogP contribution in [0, 0.1) is 13.8 Å². The maximum Gasteiger partial charge on any atom is 0.0994 e. The molecule has 3 heteroatoms. The minimum atomic E-state index is 0.581. The number of hydrogen-bond donors (Lipinski definition) is 1. The smallest absolute Gasteiger partial charge is 0.0994 e. The molecule has 1 aromatic heterocycles. The molecule has 3 rings (SSSR count). The number of rotatable bonds is 2. The molecule has 2 aromatic rings. The molecule has 1 atom stereocenters. The summed E-state index contributed by atoms with van der Waals surface area (Å²) in [5.74, 6) is 0.581. The largest absolute Gasteiger partial charge is 0.316 e. The second kappa shape index (κ2) is 5.17. The first kappa shape index (κ1) is 12.4. The molecule has 100 valence electrons. The summed E-state index contributed by atoms with van der Waals surface area (Å²) in [5.41, 5.74) is 5.17. The predicted molar refractivity (Wildman–Crippen MR) is 77.9 cm³/mol. The van der Waals surface area contributed by atoms with Gasteiger partial charge in [0.1, 0.15) is 0 Å². The van der Waals surface area contributed by atoms with Crippen LogP contribution in [-0.2, 0) is 0 Å². The second-order valence-corrected chi connectivity index (χ2v) is 5.58. The summed E-state index contributed by atoms with van der Waals surface area (Å²) in [4.78, 5) is 4.37. The van der Waals surface area contributed by atoms with Crippen LogP contribution in [0.5, 0.6) is 0 Å². The van der Waals surface area contributed by atoms with Gasteiger partial charge in [0.2, 0.25) is 0 Å². The molecular weight excluding hydrogens is 234 g/mol. The van der Waals surface area contributed by atoms with Gasteiger partial charge in [-0.25, -0.2) is 4.98 Å². The Bertz CT molecular complexity index is 545. The van der Waals surface area contributed by atoms with Gasteiger partial charge in [-0.1, -0.05) is 6.07 Å². The Hall–Kier alpha value is -1.61. The summed E-state index contributed by atoms with van der Waals surface area (Å²) >= 11 is 0. The van der Waals surface area contributed by atoms with Crippen molar-refractivity contribution in [2.75, 3.05) is 13.1 Å². The zero-order chi connectivity index (χ0) is 13.2. The van der Waals surface area contributed by atoms with E-state index in [1.165, 1.54) is 35.3 Å². The van der Waals surface area contributed by atoms with Crippen LogP contribution in [0.15, 0.2) is 30.7 Å². The van der Waals surface area contributed by atoms with Gasteiger partial charge in [-0.15, -0.1) is 0 Å². The second-order valence-electron chi connectivity index (χ2n) is 5.58. The minimum Gasteiger partial charge on any atom is -0.316 e. The monoisotopic (exact) mass is 255 g/mol. The van der Waals surface area contributed by atoms with E-state index >= 15 is 0 Å². The Morgan fingerprint density at radius 1 is 1.21 bits per heavy atom. The number of aromatic nitrogens is 2. The van der Waals surface area contributed by atoms with Crippen LogP contribution in [0.4, 0.5) is 0 Å². The first-order chi connectivity index (χ1) is 9.24. The molecule has 2 heterocycles. The van der Waals surface area contributed by atoms with Crippen molar-refractivity contribution >= 4 is 0 Å². The average Bonchev–Trinajstić information content (AvgIpc) is 2.88. The van der Waals surface area contributed by atoms with Crippen molar-refractivity contribution in [1.29, 1.82) is 0 Å². The zero-order valence-electron chi connectivity index (χ0n) is 11.7. The van der Waals surface area contributed by atoms with Crippen LogP contribution in [0.1, 0.15) is 35.6 Å². The molecule has 19 heavy (non-hydrogen) atoms. The highest BCUT2D eigenvalue weighted by atomic mass is 15.1. The average molecular weight is 255 g/mol. The number of nitrogens with one attached hydrogen (secondary N) is 1. The zero-order valence-corrected chi connectivity index (χ0v) is 11.7. The molecule has 0 amide bonds. The fraction of sp³-hybridized carbons (Fsp3) is 0.438. The molecule has 1 N–H and O–H groups in total. The maximum absolute atomic E-state index is 4.37. The Morgan fingerprint density at radius 3 is 2.68 bits per heavy atom. The van der Waals surface area contributed by atoms with Crippen molar-refractivity contribution in [2.24, 2.45) is 0 Å². The lowest BCUT2D eigenvalue weighted by Gasteiger charge is -2.24. The van der Waals surface area contributed by atoms with Crippen molar-refractivity contribution in [3.8, 4) is 5.69 Å². The third kappa shape index (κ3) is 2.56. The number of imidazole rings is 1. The molecule has 1 fully saturated rings. The van der Waals surface area contributed by atoms with Crippen molar-refractivity contribution in [3.05, 3.63) is 47.5 Å². The predicted octanol–water partition coefficient (Wildman–Crippen LogP) is 2.96. The summed E-state index contributed by atoms with van der Waals surface area (Å²) in [7, 11) is 0. The van der Waals surface area contributed by atoms with Crippen molar-refractivity contribution in [1.82, 2.24) is 14.9 Å². The fourth-order valence-electron chi connectivity index (χ4n) is 3.02. The molecule has 1 aliphatic heterocycles. The molecule has 0 spiro atoms. The summed E-state index contributed by atoms with van der Waals surface area (Å²) in [5, 5.41) is 3.48. The molecule has 1 aliphatic rings. The molecule has 1 unspecified atom stereocenters. The van der Waals surface area contributed by atoms with E-state index in [1.807, 2.05) is 12.5 Å². The summed E-state index contributed by atoms with van der Waals surface area (Å²) in [6, 6.07) is 6.67. The summed E-state index contributed by atoms with van der Waals surface area (Å²) < 4.78 is 2.25. The minimum absolute atomic E-state index is 0.581. The topological polar surface area (TPSA) is 29.9 Å². The lowest BCUT2D eigenvalue weighted by molar-refractivity contribution is 0.451. The van der Waals surface area contributed by atoms with E-state index in [0.29, 0.717) is 5.92 Å². The summed E-state index contributed by atoms with van der Waals surface area (Å²) in [6.07, 6.45) is 6.47. The van der Waals surface area contributed by atoms with E-state index in [-0.39, 0.29) is 0 Å². The van der Waals surface area contributed by atoms with Gasteiger partial charge in [-0.3, -0.25) is 0 Å². The van der Waals surface area contributed by atoms with E-state index < -0.39 is 0 Å². The lowest BCUT2D eigenvalue weighted by Crippen LogP contribution is -2.29. The van der Waals surface area contributed by atoms with Crippen molar-refractivity contribution in [2.45, 2.75) is 32.6 Å². The Morgan fingerprint density at radius 2 is 2.00 bits per heavy atom. The Labute approximate surface area is 114 Å². The van der Waals surface area contributed by atoms with Crippen molar-refractivity contribution in [3.63, 3.8) is 0 Å². The van der Waals surface area contributed by atoms with Crippen molar-refractivity contribution < 1.29 is 0 Å². The van der Waals surface area contributed by atoms with E-state index in [0.717, 1.165) is 13.1 Å². The van der Waals surface area contributed by atoms with Gasteiger partial charge in [0.15, 0.2) is 0 Å².